The molecule has 1 aromatic heterocycles. The van der Waals surface area contributed by atoms with Crippen molar-refractivity contribution in [2.45, 2.75) is 0 Å². The third-order valence-electron chi connectivity index (χ3n) is 6.92. The summed E-state index contributed by atoms with van der Waals surface area (Å²) in [5.41, 5.74) is 5.36. The molecule has 2 heteroatoms. The predicted octanol–water partition coefficient (Wildman–Crippen LogP) is 8.94. The summed E-state index contributed by atoms with van der Waals surface area (Å²) >= 11 is 0. The number of fused-ring (bicyclic) bond motifs is 6. The molecule has 0 aliphatic carbocycles. The van der Waals surface area contributed by atoms with Crippen LogP contribution in [0.1, 0.15) is 0 Å². The van der Waals surface area contributed by atoms with Crippen LogP contribution in [0.2, 0.25) is 0 Å². The van der Waals surface area contributed by atoms with Crippen LogP contribution in [-0.2, 0) is 0 Å². The molecule has 0 saturated carbocycles. The summed E-state index contributed by atoms with van der Waals surface area (Å²) in [6.45, 7) is 0. The van der Waals surface area contributed by atoms with E-state index in [9.17, 15) is 0 Å². The van der Waals surface area contributed by atoms with Crippen LogP contribution in [0.25, 0.3) is 66.1 Å². The fraction of sp³-hybridized carbons (Fsp3) is 0. The van der Waals surface area contributed by atoms with Crippen LogP contribution in [0.3, 0.4) is 0 Å². The van der Waals surface area contributed by atoms with Crippen molar-refractivity contribution < 1.29 is 0 Å². The van der Waals surface area contributed by atoms with Crippen molar-refractivity contribution in [1.82, 2.24) is 9.97 Å². The standard InChI is InChI=1S/C34H22N2/c1-2-9-23(10-3-1)33-19-20-35-34(36-33)26-12-8-11-24(21-26)25-17-18-31-29-15-5-4-13-27(29)28-14-6-7-16-30(28)32(31)22-25/h1-22H. The zero-order valence-electron chi connectivity index (χ0n) is 19.6. The van der Waals surface area contributed by atoms with E-state index in [1.54, 1.807) is 0 Å². The first kappa shape index (κ1) is 20.5. The lowest BCUT2D eigenvalue weighted by atomic mass is 9.92. The molecule has 0 spiro atoms. The first-order chi connectivity index (χ1) is 17.8. The Morgan fingerprint density at radius 2 is 0.917 bits per heavy atom. The second kappa shape index (κ2) is 8.44. The van der Waals surface area contributed by atoms with Gasteiger partial charge in [-0.25, -0.2) is 9.97 Å². The van der Waals surface area contributed by atoms with E-state index in [2.05, 4.69) is 108 Å². The fourth-order valence-electron chi connectivity index (χ4n) is 5.19. The highest BCUT2D eigenvalue weighted by atomic mass is 14.9. The van der Waals surface area contributed by atoms with Crippen LogP contribution >= 0.6 is 0 Å². The molecular formula is C34H22N2. The van der Waals surface area contributed by atoms with Gasteiger partial charge in [-0.15, -0.1) is 0 Å². The largest absolute Gasteiger partial charge is 0.237 e. The summed E-state index contributed by atoms with van der Waals surface area (Å²) in [5, 5.41) is 7.71. The van der Waals surface area contributed by atoms with Crippen molar-refractivity contribution in [3.05, 3.63) is 134 Å². The number of nitrogens with zero attached hydrogens (tertiary/aromatic N) is 2. The van der Waals surface area contributed by atoms with Crippen LogP contribution in [-0.4, -0.2) is 9.97 Å². The Hall–Kier alpha value is -4.82. The van der Waals surface area contributed by atoms with Crippen LogP contribution < -0.4 is 0 Å². The minimum absolute atomic E-state index is 0.732. The smallest absolute Gasteiger partial charge is 0.159 e. The van der Waals surface area contributed by atoms with E-state index in [4.69, 9.17) is 4.98 Å². The van der Waals surface area contributed by atoms with Gasteiger partial charge in [0.2, 0.25) is 0 Å². The Morgan fingerprint density at radius 1 is 0.361 bits per heavy atom. The molecule has 0 bridgehead atoms. The number of aromatic nitrogens is 2. The van der Waals surface area contributed by atoms with Gasteiger partial charge in [-0.2, -0.15) is 0 Å². The van der Waals surface area contributed by atoms with E-state index >= 15 is 0 Å². The number of benzene rings is 6. The number of hydrogen-bond acceptors (Lipinski definition) is 2. The molecule has 168 valence electrons. The fourth-order valence-corrected chi connectivity index (χ4v) is 5.19. The Morgan fingerprint density at radius 3 is 1.64 bits per heavy atom. The summed E-state index contributed by atoms with van der Waals surface area (Å²) in [6, 6.07) is 44.9. The van der Waals surface area contributed by atoms with E-state index in [-0.39, 0.29) is 0 Å². The maximum Gasteiger partial charge on any atom is 0.159 e. The summed E-state index contributed by atoms with van der Waals surface area (Å²) < 4.78 is 0. The molecule has 0 N–H and O–H groups in total. The van der Waals surface area contributed by atoms with Gasteiger partial charge in [-0.1, -0.05) is 109 Å². The molecule has 7 rings (SSSR count). The minimum atomic E-state index is 0.732. The van der Waals surface area contributed by atoms with E-state index in [1.165, 1.54) is 37.9 Å². The monoisotopic (exact) mass is 458 g/mol. The highest BCUT2D eigenvalue weighted by Crippen LogP contribution is 2.37. The molecule has 0 aliphatic rings. The summed E-state index contributed by atoms with van der Waals surface area (Å²) in [7, 11) is 0. The average Bonchev–Trinajstić information content (AvgIpc) is 2.98. The zero-order chi connectivity index (χ0) is 23.9. The van der Waals surface area contributed by atoms with Gasteiger partial charge >= 0.3 is 0 Å². The van der Waals surface area contributed by atoms with Crippen LogP contribution in [0, 0.1) is 0 Å². The highest BCUT2D eigenvalue weighted by molar-refractivity contribution is 6.25. The molecule has 0 aliphatic heterocycles. The molecule has 36 heavy (non-hydrogen) atoms. The maximum absolute atomic E-state index is 4.86. The molecule has 0 atom stereocenters. The van der Waals surface area contributed by atoms with Gasteiger partial charge in [0.15, 0.2) is 5.82 Å². The summed E-state index contributed by atoms with van der Waals surface area (Å²) in [4.78, 5) is 9.45. The molecule has 0 unspecified atom stereocenters. The Balaban J connectivity index is 1.38. The lowest BCUT2D eigenvalue weighted by Crippen LogP contribution is -1.92. The average molecular weight is 459 g/mol. The third kappa shape index (κ3) is 3.43. The van der Waals surface area contributed by atoms with Gasteiger partial charge in [0.05, 0.1) is 5.69 Å². The van der Waals surface area contributed by atoms with E-state index < -0.39 is 0 Å². The lowest BCUT2D eigenvalue weighted by Gasteiger charge is -2.12. The van der Waals surface area contributed by atoms with E-state index in [1.807, 2.05) is 30.5 Å². The van der Waals surface area contributed by atoms with Crippen molar-refractivity contribution in [2.24, 2.45) is 0 Å². The van der Waals surface area contributed by atoms with Gasteiger partial charge < -0.3 is 0 Å². The third-order valence-corrected chi connectivity index (χ3v) is 6.92. The van der Waals surface area contributed by atoms with E-state index in [0.717, 1.165) is 28.2 Å². The summed E-state index contributed by atoms with van der Waals surface area (Å²) in [5.74, 6) is 0.732. The highest BCUT2D eigenvalue weighted by Gasteiger charge is 2.11. The van der Waals surface area contributed by atoms with Crippen LogP contribution in [0.15, 0.2) is 134 Å². The normalized spacial score (nSPS) is 11.3. The zero-order valence-corrected chi connectivity index (χ0v) is 19.6. The van der Waals surface area contributed by atoms with Gasteiger partial charge in [-0.05, 0) is 61.6 Å². The molecule has 7 aromatic rings. The van der Waals surface area contributed by atoms with E-state index in [0.29, 0.717) is 0 Å². The van der Waals surface area contributed by atoms with Gasteiger partial charge in [0.25, 0.3) is 0 Å². The molecule has 1 heterocycles. The van der Waals surface area contributed by atoms with Crippen molar-refractivity contribution in [2.75, 3.05) is 0 Å². The molecule has 0 radical (unpaired) electrons. The molecule has 0 saturated heterocycles. The second-order valence-electron chi connectivity index (χ2n) is 9.06. The SMILES string of the molecule is c1ccc(-c2ccnc(-c3cccc(-c4ccc5c6ccccc6c6ccccc6c5c4)c3)n2)cc1. The molecule has 6 aromatic carbocycles. The lowest BCUT2D eigenvalue weighted by molar-refractivity contribution is 1.18. The van der Waals surface area contributed by atoms with Gasteiger partial charge in [0, 0.05) is 17.3 Å². The first-order valence-electron chi connectivity index (χ1n) is 12.2. The van der Waals surface area contributed by atoms with Crippen molar-refractivity contribution in [3.63, 3.8) is 0 Å². The van der Waals surface area contributed by atoms with Crippen molar-refractivity contribution >= 4 is 32.3 Å². The second-order valence-corrected chi connectivity index (χ2v) is 9.06. The quantitative estimate of drug-likeness (QED) is 0.247. The van der Waals surface area contributed by atoms with Gasteiger partial charge in [-0.3, -0.25) is 0 Å². The predicted molar refractivity (Wildman–Crippen MR) is 151 cm³/mol. The van der Waals surface area contributed by atoms with Crippen LogP contribution in [0.5, 0.6) is 0 Å². The van der Waals surface area contributed by atoms with Crippen LogP contribution in [0.4, 0.5) is 0 Å². The molecule has 0 amide bonds. The Labute approximate surface area is 209 Å². The van der Waals surface area contributed by atoms with Crippen molar-refractivity contribution in [1.29, 1.82) is 0 Å². The maximum atomic E-state index is 4.86. The topological polar surface area (TPSA) is 25.8 Å². The minimum Gasteiger partial charge on any atom is -0.237 e. The van der Waals surface area contributed by atoms with Gasteiger partial charge in [0.1, 0.15) is 0 Å². The molecular weight excluding hydrogens is 436 g/mol. The van der Waals surface area contributed by atoms with Crippen molar-refractivity contribution in [3.8, 4) is 33.8 Å². The Bertz CT molecular complexity index is 1850. The number of hydrogen-bond donors (Lipinski definition) is 0. The molecule has 2 nitrogen and oxygen atoms in total. The number of rotatable bonds is 3. The summed E-state index contributed by atoms with van der Waals surface area (Å²) in [6.07, 6.45) is 1.84. The Kier molecular flexibility index (Phi) is 4.82. The first-order valence-corrected chi connectivity index (χ1v) is 12.2. The molecule has 0 fully saturated rings.